The molecule has 0 radical (unpaired) electrons. The van der Waals surface area contributed by atoms with Gasteiger partial charge >= 0.3 is 47.8 Å². The van der Waals surface area contributed by atoms with E-state index in [1.54, 1.807) is 6.92 Å². The quantitative estimate of drug-likeness (QED) is 0.0428. The summed E-state index contributed by atoms with van der Waals surface area (Å²) < 4.78 is 47.7. The van der Waals surface area contributed by atoms with Gasteiger partial charge in [-0.05, 0) is 36.3 Å². The Morgan fingerprint density at radius 3 is 1.44 bits per heavy atom. The lowest BCUT2D eigenvalue weighted by atomic mass is 9.87. The molecule has 2 saturated heterocycles. The largest absolute Gasteiger partial charge is 0.480 e. The van der Waals surface area contributed by atoms with E-state index in [2.05, 4.69) is 9.93 Å². The summed E-state index contributed by atoms with van der Waals surface area (Å²) in [7, 11) is 0. The van der Waals surface area contributed by atoms with Crippen LogP contribution in [0.5, 0.6) is 0 Å². The Kier molecular flexibility index (Phi) is 14.1. The molecule has 1 atom stereocenters. The molecule has 1 saturated carbocycles. The maximum atomic E-state index is 12.9. The van der Waals surface area contributed by atoms with E-state index in [-0.39, 0.29) is 57.1 Å². The van der Waals surface area contributed by atoms with Crippen LogP contribution >= 0.6 is 0 Å². The van der Waals surface area contributed by atoms with Gasteiger partial charge in [0.15, 0.2) is 0 Å². The second kappa shape index (κ2) is 19.0. The Morgan fingerprint density at radius 1 is 0.565 bits per heavy atom. The minimum absolute atomic E-state index is 0.111. The van der Waals surface area contributed by atoms with Gasteiger partial charge in [-0.2, -0.15) is 0 Å². The molecule has 5 aliphatic rings. The number of rotatable bonds is 14. The van der Waals surface area contributed by atoms with Crippen molar-refractivity contribution >= 4 is 47.8 Å². The zero-order valence-corrected chi connectivity index (χ0v) is 33.2. The van der Waals surface area contributed by atoms with Gasteiger partial charge in [0.05, 0.1) is 19.4 Å². The van der Waals surface area contributed by atoms with Gasteiger partial charge in [0.2, 0.25) is 0 Å². The first-order valence-electron chi connectivity index (χ1n) is 18.7. The van der Waals surface area contributed by atoms with Crippen LogP contribution in [-0.2, 0) is 90.9 Å². The average molecular weight is 873 g/mol. The Labute approximate surface area is 350 Å². The molecule has 2 spiro atoms. The van der Waals surface area contributed by atoms with Gasteiger partial charge in [0.1, 0.15) is 22.3 Å². The fraction of sp³-hybridized carbons (Fsp3) is 0.400. The Balaban J connectivity index is 1.11. The molecule has 5 rings (SSSR count). The van der Waals surface area contributed by atoms with Gasteiger partial charge in [0, 0.05) is 52.4 Å². The number of hydrogen-bond acceptors (Lipinski definition) is 22. The Bertz CT molecular complexity index is 2090. The van der Waals surface area contributed by atoms with Gasteiger partial charge in [-0.25, -0.2) is 38.8 Å². The SMILES string of the molecule is CCOC(=O)CCC1(C)OC(=O)C(=C/C=C/C=C/C2=C(O)OC3(CCC4(CC3)OC(=O)C(=C/C=C/C=C/C3=C(O)OC(C)(CCC(=O)OOO)OC3=O)C(=O)O4)OC2=O)C(=O)O1. The summed E-state index contributed by atoms with van der Waals surface area (Å²) in [4.78, 5) is 103. The molecule has 4 aliphatic heterocycles. The van der Waals surface area contributed by atoms with E-state index < -0.39 is 106 Å². The fourth-order valence-corrected chi connectivity index (χ4v) is 6.23. The molecule has 332 valence electrons. The standard InChI is InChI=1S/C40H40O22/c1-4-52-27(41)15-17-37(2)53-29(43)23(30(44)54-37)11-7-5-9-13-25-33(47)57-39(58-34(25)48)19-21-40(22-20-39)59-35(49)26(36(50)60-40)14-10-6-8-12-24-31(45)55-38(3,56-32(24)46)18-16-28(42)61-62-51/h5-14,45,47,51H,4,15-22H2,1-3H3/b7-5+,10-6+,12-8+,13-9+,23-11?,26-14?. The van der Waals surface area contributed by atoms with Gasteiger partial charge in [0.25, 0.3) is 35.0 Å². The minimum Gasteiger partial charge on any atom is -0.480 e. The second-order valence-electron chi connectivity index (χ2n) is 14.1. The zero-order valence-electron chi connectivity index (χ0n) is 33.2. The van der Waals surface area contributed by atoms with E-state index >= 15 is 0 Å². The highest BCUT2D eigenvalue weighted by molar-refractivity contribution is 6.16. The van der Waals surface area contributed by atoms with Gasteiger partial charge < -0.3 is 52.8 Å². The monoisotopic (exact) mass is 872 g/mol. The maximum Gasteiger partial charge on any atom is 0.348 e. The van der Waals surface area contributed by atoms with E-state index in [1.165, 1.54) is 50.3 Å². The molecule has 22 nitrogen and oxygen atoms in total. The third-order valence-corrected chi connectivity index (χ3v) is 9.41. The van der Waals surface area contributed by atoms with Crippen LogP contribution in [-0.4, -0.2) is 93.0 Å². The highest BCUT2D eigenvalue weighted by atomic mass is 17.5. The molecule has 0 aromatic carbocycles. The van der Waals surface area contributed by atoms with Crippen molar-refractivity contribution in [3.63, 3.8) is 0 Å². The topological polar surface area (TPSA) is 299 Å². The number of hydrogen-bond donors (Lipinski definition) is 3. The minimum atomic E-state index is -1.74. The molecule has 1 unspecified atom stereocenters. The van der Waals surface area contributed by atoms with E-state index in [4.69, 9.17) is 47.9 Å². The van der Waals surface area contributed by atoms with E-state index in [9.17, 15) is 48.6 Å². The fourth-order valence-electron chi connectivity index (χ4n) is 6.23. The van der Waals surface area contributed by atoms with Crippen molar-refractivity contribution < 1.29 is 106 Å². The van der Waals surface area contributed by atoms with Crippen LogP contribution in [0.1, 0.15) is 72.1 Å². The maximum absolute atomic E-state index is 12.9. The van der Waals surface area contributed by atoms with Crippen LogP contribution in [0, 0.1) is 0 Å². The molecule has 0 amide bonds. The predicted octanol–water partition coefficient (Wildman–Crippen LogP) is 3.42. The Hall–Kier alpha value is -7.20. The van der Waals surface area contributed by atoms with Crippen molar-refractivity contribution in [2.45, 2.75) is 95.3 Å². The third-order valence-electron chi connectivity index (χ3n) is 9.41. The first kappa shape index (κ1) is 45.9. The van der Waals surface area contributed by atoms with Crippen molar-refractivity contribution in [2.75, 3.05) is 6.61 Å². The van der Waals surface area contributed by atoms with Crippen LogP contribution in [0.15, 0.2) is 94.9 Å². The normalized spacial score (nSPS) is 27.8. The van der Waals surface area contributed by atoms with Gasteiger partial charge in [-0.1, -0.05) is 36.5 Å². The summed E-state index contributed by atoms with van der Waals surface area (Å²) >= 11 is 0. The van der Waals surface area contributed by atoms with E-state index in [1.807, 2.05) is 0 Å². The summed E-state index contributed by atoms with van der Waals surface area (Å²) in [6, 6.07) is 0. The van der Waals surface area contributed by atoms with Crippen molar-refractivity contribution in [2.24, 2.45) is 0 Å². The first-order chi connectivity index (χ1) is 29.3. The molecule has 22 heteroatoms. The number of cyclic esters (lactones) is 3. The summed E-state index contributed by atoms with van der Waals surface area (Å²) in [5.74, 6) is -15.9. The average Bonchev–Trinajstić information content (AvgIpc) is 3.18. The molecule has 0 aromatic rings. The first-order valence-corrected chi connectivity index (χ1v) is 18.7. The molecule has 0 aromatic heterocycles. The summed E-state index contributed by atoms with van der Waals surface area (Å²) in [6.45, 7) is 4.40. The van der Waals surface area contributed by atoms with Crippen molar-refractivity contribution in [1.82, 2.24) is 0 Å². The highest BCUT2D eigenvalue weighted by Gasteiger charge is 2.56. The summed E-state index contributed by atoms with van der Waals surface area (Å²) in [5.41, 5.74) is -1.67. The Morgan fingerprint density at radius 2 is 0.968 bits per heavy atom. The molecule has 1 aliphatic carbocycles. The van der Waals surface area contributed by atoms with Crippen molar-refractivity contribution in [3.8, 4) is 0 Å². The molecular formula is C40H40O22. The van der Waals surface area contributed by atoms with Crippen LogP contribution < -0.4 is 0 Å². The number of aliphatic hydroxyl groups excluding tert-OH is 2. The highest BCUT2D eigenvalue weighted by Crippen LogP contribution is 2.46. The number of carbonyl (C=O) groups excluding carboxylic acids is 8. The summed E-state index contributed by atoms with van der Waals surface area (Å²) in [5, 5.41) is 32.3. The zero-order chi connectivity index (χ0) is 45.3. The predicted molar refractivity (Wildman–Crippen MR) is 196 cm³/mol. The van der Waals surface area contributed by atoms with Crippen LogP contribution in [0.3, 0.4) is 0 Å². The lowest BCUT2D eigenvalue weighted by Gasteiger charge is -2.46. The van der Waals surface area contributed by atoms with Crippen LogP contribution in [0.4, 0.5) is 0 Å². The van der Waals surface area contributed by atoms with Crippen LogP contribution in [0.25, 0.3) is 0 Å². The molecule has 4 heterocycles. The van der Waals surface area contributed by atoms with Crippen LogP contribution in [0.2, 0.25) is 0 Å². The molecule has 62 heavy (non-hydrogen) atoms. The van der Waals surface area contributed by atoms with E-state index in [0.717, 1.165) is 24.3 Å². The molecule has 0 bridgehead atoms. The van der Waals surface area contributed by atoms with Crippen molar-refractivity contribution in [1.29, 1.82) is 0 Å². The van der Waals surface area contributed by atoms with E-state index in [0.29, 0.717) is 0 Å². The number of esters is 7. The smallest absolute Gasteiger partial charge is 0.348 e. The molecule has 3 fully saturated rings. The number of allylic oxidation sites excluding steroid dienone is 8. The third kappa shape index (κ3) is 11.1. The molecular weight excluding hydrogens is 832 g/mol. The number of aliphatic hydroxyl groups is 2. The number of carbonyl (C=O) groups is 8. The second-order valence-corrected chi connectivity index (χ2v) is 14.1. The van der Waals surface area contributed by atoms with Gasteiger partial charge in [-0.3, -0.25) is 9.68 Å². The van der Waals surface area contributed by atoms with Crippen molar-refractivity contribution in [3.05, 3.63) is 94.9 Å². The summed E-state index contributed by atoms with van der Waals surface area (Å²) in [6.07, 6.45) is 10.5. The molecule has 3 N–H and O–H groups in total. The number of ether oxygens (including phenoxy) is 9. The lowest BCUT2D eigenvalue weighted by Crippen LogP contribution is -2.54. The lowest BCUT2D eigenvalue weighted by molar-refractivity contribution is -0.462. The van der Waals surface area contributed by atoms with Gasteiger partial charge in [-0.15, -0.1) is 0 Å².